The number of fused-ring (bicyclic) bond motifs is 1. The van der Waals surface area contributed by atoms with Gasteiger partial charge in [0.15, 0.2) is 0 Å². The Kier molecular flexibility index (Phi) is 47.3. The van der Waals surface area contributed by atoms with Crippen molar-refractivity contribution in [3.8, 4) is 0 Å². The van der Waals surface area contributed by atoms with E-state index in [9.17, 15) is 0 Å². The van der Waals surface area contributed by atoms with E-state index in [4.69, 9.17) is 104 Å². The van der Waals surface area contributed by atoms with Crippen LogP contribution in [0.5, 0.6) is 0 Å². The highest BCUT2D eigenvalue weighted by Crippen LogP contribution is 2.28. The van der Waals surface area contributed by atoms with Gasteiger partial charge in [-0.15, -0.1) is 6.58 Å². The van der Waals surface area contributed by atoms with Gasteiger partial charge in [0.05, 0.1) is 0 Å². The maximum Gasteiger partial charge on any atom is 0.0406 e. The molecule has 354 valence electrons. The summed E-state index contributed by atoms with van der Waals surface area (Å²) in [7, 11) is 0. The van der Waals surface area contributed by atoms with Crippen molar-refractivity contribution < 1.29 is 0 Å². The first-order valence-corrected chi connectivity index (χ1v) is 24.6. The van der Waals surface area contributed by atoms with Crippen LogP contribution in [0.4, 0.5) is 0 Å². The number of benzene rings is 4. The average Bonchev–Trinajstić information content (AvgIpc) is 3.70. The summed E-state index contributed by atoms with van der Waals surface area (Å²) < 4.78 is 0. The van der Waals surface area contributed by atoms with Crippen LogP contribution >= 0.6 is 104 Å². The molecule has 0 bridgehead atoms. The number of aryl methyl sites for hydroxylation is 2. The van der Waals surface area contributed by atoms with Crippen molar-refractivity contribution in [1.29, 1.82) is 0 Å². The zero-order chi connectivity index (χ0) is 49.7. The van der Waals surface area contributed by atoms with Gasteiger partial charge in [0.1, 0.15) is 0 Å². The van der Waals surface area contributed by atoms with Gasteiger partial charge in [-0.2, -0.15) is 0 Å². The Morgan fingerprint density at radius 1 is 0.569 bits per heavy atom. The Morgan fingerprint density at radius 3 is 1.32 bits per heavy atom. The van der Waals surface area contributed by atoms with E-state index in [0.29, 0.717) is 11.3 Å². The molecular weight excluding hydrogens is 992 g/mol. The molecule has 0 fully saturated rings. The zero-order valence-electron chi connectivity index (χ0n) is 39.0. The minimum Gasteiger partial charge on any atom is -0.103 e. The van der Waals surface area contributed by atoms with Gasteiger partial charge in [-0.3, -0.25) is 0 Å². The predicted octanol–water partition coefficient (Wildman–Crippen LogP) is 22.8. The van der Waals surface area contributed by atoms with Gasteiger partial charge in [0.25, 0.3) is 0 Å². The molecule has 1 atom stereocenters. The summed E-state index contributed by atoms with van der Waals surface area (Å²) in [6, 6.07) is 32.3. The summed E-state index contributed by atoms with van der Waals surface area (Å²) in [5.74, 6) is 0.629. The lowest BCUT2D eigenvalue weighted by Crippen LogP contribution is -2.05. The van der Waals surface area contributed by atoms with Crippen LogP contribution in [-0.2, 0) is 6.42 Å². The molecule has 1 aliphatic carbocycles. The van der Waals surface area contributed by atoms with Crippen LogP contribution in [0, 0.1) is 25.2 Å². The Bertz CT molecular complexity index is 1830. The van der Waals surface area contributed by atoms with E-state index in [0.717, 1.165) is 28.1 Å². The molecule has 0 amide bonds. The van der Waals surface area contributed by atoms with E-state index in [1.54, 1.807) is 29.3 Å². The molecule has 4 aromatic rings. The third kappa shape index (κ3) is 42.3. The van der Waals surface area contributed by atoms with Crippen LogP contribution in [-0.4, -0.2) is 0 Å². The molecule has 0 saturated heterocycles. The summed E-state index contributed by atoms with van der Waals surface area (Å²) >= 11 is 47.6. The highest BCUT2D eigenvalue weighted by atomic mass is 35.5. The fourth-order valence-corrected chi connectivity index (χ4v) is 5.80. The molecule has 65 heavy (non-hydrogen) atoms. The smallest absolute Gasteiger partial charge is 0.0406 e. The van der Waals surface area contributed by atoms with Crippen LogP contribution in [0.3, 0.4) is 0 Å². The van der Waals surface area contributed by atoms with E-state index in [-0.39, 0.29) is 0 Å². The Hall–Kier alpha value is -2.85. The maximum absolute atomic E-state index is 5.65. The predicted molar refractivity (Wildman–Crippen MR) is 306 cm³/mol. The number of rotatable bonds is 8. The molecule has 4 aromatic carbocycles. The summed E-state index contributed by atoms with van der Waals surface area (Å²) in [4.78, 5) is 0. The summed E-state index contributed by atoms with van der Waals surface area (Å²) in [5, 5.41) is 0.742. The first kappa shape index (κ1) is 66.4. The standard InChI is InChI=1S/C11H9Cl.C11H21Cl.2C9H9Cl.C8H6Cl2.C3H5Cl.C3H6.C2H2Cl2/c12-8-7-10-6-5-9-3-1-2-4-11(9)10;1-10(7-9-12)6-5-8-11(2,3)4;2*1-8-2-4-9(5-3-8)6-7-10;9-6-5-7-1-3-8(10)4-2-7;1-2-3-4;1-3-2;3-1-2-4/h1-4,6-8H,5H2;7,9-10H,5-6,8H2,1-4H3;2*2-7H,1H3;1-6H;2-3H,1H3;3H,1H2,2H3;1-2H/b8-7+;9-7+;2*7-6+;6-5+;3-2+;;2-1+. The molecule has 0 spiro atoms. The van der Waals surface area contributed by atoms with Crippen molar-refractivity contribution in [3.05, 3.63) is 222 Å². The second-order valence-electron chi connectivity index (χ2n) is 14.9. The van der Waals surface area contributed by atoms with Crippen molar-refractivity contribution in [3.63, 3.8) is 0 Å². The quantitative estimate of drug-likeness (QED) is 0.154. The number of hydrogen-bond acceptors (Lipinski definition) is 0. The van der Waals surface area contributed by atoms with Crippen molar-refractivity contribution >= 4 is 128 Å². The van der Waals surface area contributed by atoms with Gasteiger partial charge >= 0.3 is 0 Å². The van der Waals surface area contributed by atoms with Crippen molar-refractivity contribution in [1.82, 2.24) is 0 Å². The minimum absolute atomic E-state index is 0.477. The first-order valence-electron chi connectivity index (χ1n) is 20.8. The van der Waals surface area contributed by atoms with Gasteiger partial charge in [-0.05, 0) is 134 Å². The summed E-state index contributed by atoms with van der Waals surface area (Å²) in [6.45, 7) is 20.3. The van der Waals surface area contributed by atoms with Crippen molar-refractivity contribution in [2.75, 3.05) is 0 Å². The fourth-order valence-electron chi connectivity index (χ4n) is 4.86. The average molecular weight is 1060 g/mol. The highest BCUT2D eigenvalue weighted by Gasteiger charge is 2.10. The van der Waals surface area contributed by atoms with Crippen LogP contribution in [0.1, 0.15) is 99.7 Å². The molecule has 1 unspecified atom stereocenters. The second-order valence-corrected chi connectivity index (χ2v) is 17.4. The second kappa shape index (κ2) is 46.3. The van der Waals surface area contributed by atoms with Crippen LogP contribution in [0.2, 0.25) is 5.02 Å². The SMILES string of the molecule is C/C=C/Cl.C=CC.CC(/C=C/Cl)CCCC(C)(C)C.Cc1ccc(/C=C/Cl)cc1.Cc1ccc(/C=C/Cl)cc1.Cl/C=C/C1=CCc2ccccc21.Cl/C=C/Cl.Cl/C=C/c1ccc(Cl)cc1. The van der Waals surface area contributed by atoms with Crippen LogP contribution in [0.25, 0.3) is 23.8 Å². The number of hydrogen-bond donors (Lipinski definition) is 0. The fraction of sp³-hybridized carbons (Fsp3) is 0.250. The van der Waals surface area contributed by atoms with Gasteiger partial charge in [0.2, 0.25) is 0 Å². The third-order valence-electron chi connectivity index (χ3n) is 8.06. The van der Waals surface area contributed by atoms with E-state index < -0.39 is 0 Å². The molecule has 0 aromatic heterocycles. The van der Waals surface area contributed by atoms with Crippen molar-refractivity contribution in [2.45, 2.75) is 81.1 Å². The summed E-state index contributed by atoms with van der Waals surface area (Å²) in [6.07, 6.45) is 20.1. The molecule has 0 radical (unpaired) electrons. The number of allylic oxidation sites excluding steroid dienone is 6. The lowest BCUT2D eigenvalue weighted by molar-refractivity contribution is 0.352. The van der Waals surface area contributed by atoms with Crippen LogP contribution < -0.4 is 0 Å². The largest absolute Gasteiger partial charge is 0.103 e. The van der Waals surface area contributed by atoms with E-state index in [1.807, 2.05) is 80.6 Å². The Morgan fingerprint density at radius 2 is 0.969 bits per heavy atom. The van der Waals surface area contributed by atoms with E-state index >= 15 is 0 Å². The number of halogens is 9. The topological polar surface area (TPSA) is 0 Å². The summed E-state index contributed by atoms with van der Waals surface area (Å²) in [5.41, 5.74) is 21.9. The third-order valence-corrected chi connectivity index (χ3v) is 9.60. The van der Waals surface area contributed by atoms with E-state index in [1.165, 1.54) is 80.3 Å². The lowest BCUT2D eigenvalue weighted by Gasteiger charge is -2.18. The van der Waals surface area contributed by atoms with Gasteiger partial charge in [0, 0.05) is 43.8 Å². The van der Waals surface area contributed by atoms with E-state index in [2.05, 4.69) is 109 Å². The molecular formula is C56H67Cl9. The molecule has 0 heterocycles. The maximum atomic E-state index is 5.65. The molecule has 5 rings (SSSR count). The zero-order valence-corrected chi connectivity index (χ0v) is 45.8. The van der Waals surface area contributed by atoms with Crippen LogP contribution in [0.15, 0.2) is 178 Å². The highest BCUT2D eigenvalue weighted by molar-refractivity contribution is 6.33. The molecule has 0 aliphatic heterocycles. The molecule has 0 N–H and O–H groups in total. The Balaban J connectivity index is -0.000000700. The normalized spacial score (nSPS) is 11.9. The first-order chi connectivity index (χ1) is 31.1. The van der Waals surface area contributed by atoms with Crippen molar-refractivity contribution in [2.24, 2.45) is 11.3 Å². The molecule has 0 saturated carbocycles. The molecule has 9 heteroatoms. The monoisotopic (exact) mass is 1050 g/mol. The Labute approximate surface area is 439 Å². The van der Waals surface area contributed by atoms with Gasteiger partial charge < -0.3 is 0 Å². The molecule has 1 aliphatic rings. The minimum atomic E-state index is 0.477. The molecule has 0 nitrogen and oxygen atoms in total. The lowest BCUT2D eigenvalue weighted by atomic mass is 9.88. The van der Waals surface area contributed by atoms with Gasteiger partial charge in [-0.1, -0.05) is 259 Å². The van der Waals surface area contributed by atoms with Gasteiger partial charge in [-0.25, -0.2) is 0 Å².